The Morgan fingerprint density at radius 3 is 2.70 bits per heavy atom. The molecule has 0 saturated heterocycles. The summed E-state index contributed by atoms with van der Waals surface area (Å²) in [4.78, 5) is 11.4. The molecule has 0 aliphatic heterocycles. The van der Waals surface area contributed by atoms with E-state index in [2.05, 4.69) is 12.0 Å². The number of carbonyl (C=O) groups is 1. The lowest BCUT2D eigenvalue weighted by Gasteiger charge is -2.06. The quantitative estimate of drug-likeness (QED) is 0.643. The van der Waals surface area contributed by atoms with Gasteiger partial charge in [0.2, 0.25) is 0 Å². The fourth-order valence-corrected chi connectivity index (χ4v) is 2.36. The molecule has 0 aliphatic rings. The Hall–Kier alpha value is -2.88. The Bertz CT molecular complexity index is 794. The Kier molecular flexibility index (Phi) is 4.52. The van der Waals surface area contributed by atoms with Crippen molar-refractivity contribution < 1.29 is 9.53 Å². The molecule has 0 saturated carbocycles. The van der Waals surface area contributed by atoms with Crippen molar-refractivity contribution in [1.82, 2.24) is 9.78 Å². The molecule has 116 valence electrons. The summed E-state index contributed by atoms with van der Waals surface area (Å²) in [6.45, 7) is 2.73. The number of hydrogen-bond donors (Lipinski definition) is 0. The Balaban J connectivity index is 1.99. The predicted molar refractivity (Wildman–Crippen MR) is 90.2 cm³/mol. The molecule has 1 aromatic heterocycles. The molecule has 0 N–H and O–H groups in total. The van der Waals surface area contributed by atoms with Crippen LogP contribution < -0.4 is 4.74 Å². The van der Waals surface area contributed by atoms with Crippen LogP contribution in [0.3, 0.4) is 0 Å². The largest absolute Gasteiger partial charge is 0.494 e. The van der Waals surface area contributed by atoms with Gasteiger partial charge in [-0.3, -0.25) is 4.79 Å². The Morgan fingerprint density at radius 1 is 1.13 bits per heavy atom. The molecule has 0 atom stereocenters. The maximum absolute atomic E-state index is 11.4. The van der Waals surface area contributed by atoms with E-state index in [0.29, 0.717) is 17.9 Å². The molecular formula is C19H18N2O2. The SMILES string of the molecule is CCCOc1cccc(-c2nn(-c3ccccc3)cc2C=O)c1. The van der Waals surface area contributed by atoms with Crippen LogP contribution in [0.1, 0.15) is 23.7 Å². The highest BCUT2D eigenvalue weighted by Crippen LogP contribution is 2.26. The second kappa shape index (κ2) is 6.92. The smallest absolute Gasteiger partial charge is 0.153 e. The van der Waals surface area contributed by atoms with E-state index in [-0.39, 0.29) is 0 Å². The Morgan fingerprint density at radius 2 is 1.96 bits per heavy atom. The van der Waals surface area contributed by atoms with Crippen LogP contribution in [-0.2, 0) is 0 Å². The van der Waals surface area contributed by atoms with Crippen molar-refractivity contribution >= 4 is 6.29 Å². The van der Waals surface area contributed by atoms with Gasteiger partial charge in [-0.05, 0) is 30.7 Å². The normalized spacial score (nSPS) is 10.5. The molecule has 0 spiro atoms. The van der Waals surface area contributed by atoms with Crippen molar-refractivity contribution in [3.8, 4) is 22.7 Å². The van der Waals surface area contributed by atoms with E-state index in [1.807, 2.05) is 54.6 Å². The summed E-state index contributed by atoms with van der Waals surface area (Å²) in [5.74, 6) is 0.787. The summed E-state index contributed by atoms with van der Waals surface area (Å²) >= 11 is 0. The molecule has 0 bridgehead atoms. The lowest BCUT2D eigenvalue weighted by Crippen LogP contribution is -1.96. The maximum atomic E-state index is 11.4. The topological polar surface area (TPSA) is 44.1 Å². The minimum Gasteiger partial charge on any atom is -0.494 e. The van der Waals surface area contributed by atoms with Crippen LogP contribution in [0.5, 0.6) is 5.75 Å². The first kappa shape index (κ1) is 15.0. The fraction of sp³-hybridized carbons (Fsp3) is 0.158. The number of ether oxygens (including phenoxy) is 1. The third-order valence-corrected chi connectivity index (χ3v) is 3.47. The molecule has 0 fully saturated rings. The van der Waals surface area contributed by atoms with Gasteiger partial charge in [-0.2, -0.15) is 5.10 Å². The van der Waals surface area contributed by atoms with E-state index in [4.69, 9.17) is 4.74 Å². The maximum Gasteiger partial charge on any atom is 0.153 e. The van der Waals surface area contributed by atoms with E-state index >= 15 is 0 Å². The molecule has 0 amide bonds. The first-order chi connectivity index (χ1) is 11.3. The monoisotopic (exact) mass is 306 g/mol. The van der Waals surface area contributed by atoms with Crippen molar-refractivity contribution in [2.75, 3.05) is 6.61 Å². The molecule has 2 aromatic carbocycles. The number of aromatic nitrogens is 2. The Labute approximate surface area is 135 Å². The molecule has 0 radical (unpaired) electrons. The van der Waals surface area contributed by atoms with Gasteiger partial charge in [0.15, 0.2) is 6.29 Å². The number of nitrogens with zero attached hydrogens (tertiary/aromatic N) is 2. The summed E-state index contributed by atoms with van der Waals surface area (Å²) in [7, 11) is 0. The number of aldehydes is 1. The molecule has 4 heteroatoms. The minimum atomic E-state index is 0.557. The molecular weight excluding hydrogens is 288 g/mol. The summed E-state index contributed by atoms with van der Waals surface area (Å²) in [6.07, 6.45) is 3.53. The van der Waals surface area contributed by atoms with Gasteiger partial charge in [0.25, 0.3) is 0 Å². The van der Waals surface area contributed by atoms with Gasteiger partial charge < -0.3 is 4.74 Å². The molecule has 0 unspecified atom stereocenters. The highest BCUT2D eigenvalue weighted by Gasteiger charge is 2.12. The van der Waals surface area contributed by atoms with Crippen LogP contribution in [0.2, 0.25) is 0 Å². The molecule has 0 aliphatic carbocycles. The van der Waals surface area contributed by atoms with Crippen LogP contribution in [0.4, 0.5) is 0 Å². The molecule has 3 rings (SSSR count). The van der Waals surface area contributed by atoms with Gasteiger partial charge in [-0.25, -0.2) is 4.68 Å². The first-order valence-electron chi connectivity index (χ1n) is 7.65. The van der Waals surface area contributed by atoms with Crippen LogP contribution in [-0.4, -0.2) is 22.7 Å². The standard InChI is InChI=1S/C19H18N2O2/c1-2-11-23-18-10-6-7-15(12-18)19-16(14-22)13-21(20-19)17-8-4-3-5-9-17/h3-10,12-14H,2,11H2,1H3. The molecule has 23 heavy (non-hydrogen) atoms. The fourth-order valence-electron chi connectivity index (χ4n) is 2.36. The zero-order valence-corrected chi connectivity index (χ0v) is 13.0. The van der Waals surface area contributed by atoms with Crippen LogP contribution in [0, 0.1) is 0 Å². The molecule has 1 heterocycles. The number of carbonyl (C=O) groups excluding carboxylic acids is 1. The molecule has 3 aromatic rings. The lowest BCUT2D eigenvalue weighted by atomic mass is 10.1. The van der Waals surface area contributed by atoms with E-state index < -0.39 is 0 Å². The summed E-state index contributed by atoms with van der Waals surface area (Å²) in [6, 6.07) is 17.4. The van der Waals surface area contributed by atoms with Gasteiger partial charge in [-0.15, -0.1) is 0 Å². The summed E-state index contributed by atoms with van der Waals surface area (Å²) < 4.78 is 7.38. The van der Waals surface area contributed by atoms with E-state index in [9.17, 15) is 4.79 Å². The minimum absolute atomic E-state index is 0.557. The summed E-state index contributed by atoms with van der Waals surface area (Å²) in [5.41, 5.74) is 3.00. The van der Waals surface area contributed by atoms with E-state index in [1.54, 1.807) is 10.9 Å². The number of benzene rings is 2. The van der Waals surface area contributed by atoms with Crippen molar-refractivity contribution in [1.29, 1.82) is 0 Å². The van der Waals surface area contributed by atoms with Crippen LogP contribution in [0.25, 0.3) is 16.9 Å². The zero-order valence-electron chi connectivity index (χ0n) is 13.0. The number of para-hydroxylation sites is 1. The summed E-state index contributed by atoms with van der Waals surface area (Å²) in [5, 5.41) is 4.57. The van der Waals surface area contributed by atoms with Crippen LogP contribution >= 0.6 is 0 Å². The average Bonchev–Trinajstić information content (AvgIpc) is 3.05. The van der Waals surface area contributed by atoms with Gasteiger partial charge in [-0.1, -0.05) is 37.3 Å². The van der Waals surface area contributed by atoms with Gasteiger partial charge in [0, 0.05) is 11.8 Å². The third kappa shape index (κ3) is 3.31. The number of rotatable bonds is 6. The van der Waals surface area contributed by atoms with Gasteiger partial charge >= 0.3 is 0 Å². The predicted octanol–water partition coefficient (Wildman–Crippen LogP) is 4.14. The van der Waals surface area contributed by atoms with Crippen molar-refractivity contribution in [3.63, 3.8) is 0 Å². The lowest BCUT2D eigenvalue weighted by molar-refractivity contribution is 0.112. The molecule has 4 nitrogen and oxygen atoms in total. The van der Waals surface area contributed by atoms with Gasteiger partial charge in [0.05, 0.1) is 17.9 Å². The van der Waals surface area contributed by atoms with Gasteiger partial charge in [0.1, 0.15) is 11.4 Å². The first-order valence-corrected chi connectivity index (χ1v) is 7.65. The number of hydrogen-bond acceptors (Lipinski definition) is 3. The zero-order chi connectivity index (χ0) is 16.1. The third-order valence-electron chi connectivity index (χ3n) is 3.47. The second-order valence-electron chi connectivity index (χ2n) is 5.21. The van der Waals surface area contributed by atoms with E-state index in [1.165, 1.54) is 0 Å². The van der Waals surface area contributed by atoms with Crippen molar-refractivity contribution in [3.05, 3.63) is 66.4 Å². The van der Waals surface area contributed by atoms with Crippen LogP contribution in [0.15, 0.2) is 60.8 Å². The average molecular weight is 306 g/mol. The van der Waals surface area contributed by atoms with Crippen molar-refractivity contribution in [2.45, 2.75) is 13.3 Å². The highest BCUT2D eigenvalue weighted by atomic mass is 16.5. The second-order valence-corrected chi connectivity index (χ2v) is 5.21. The highest BCUT2D eigenvalue weighted by molar-refractivity contribution is 5.85. The van der Waals surface area contributed by atoms with E-state index in [0.717, 1.165) is 29.7 Å². The van der Waals surface area contributed by atoms with Crippen molar-refractivity contribution in [2.24, 2.45) is 0 Å².